The molecule has 0 N–H and O–H groups in total. The number of benzene rings is 3. The molecule has 0 unspecified atom stereocenters. The van der Waals surface area contributed by atoms with Gasteiger partial charge in [0.05, 0.1) is 23.8 Å². The maximum atomic E-state index is 13.6. The molecule has 0 aliphatic heterocycles. The Hall–Kier alpha value is -4.52. The Morgan fingerprint density at radius 3 is 2.29 bits per heavy atom. The fourth-order valence-corrected chi connectivity index (χ4v) is 4.77. The van der Waals surface area contributed by atoms with Gasteiger partial charge in [-0.05, 0) is 29.7 Å². The zero-order valence-corrected chi connectivity index (χ0v) is 19.6. The summed E-state index contributed by atoms with van der Waals surface area (Å²) in [6.45, 7) is 0.940. The second-order valence-corrected chi connectivity index (χ2v) is 8.81. The Kier molecular flexibility index (Phi) is 5.03. The lowest BCUT2D eigenvalue weighted by Crippen LogP contribution is -2.24. The quantitative estimate of drug-likeness (QED) is 0.354. The molecule has 0 saturated carbocycles. The van der Waals surface area contributed by atoms with Crippen LogP contribution in [0, 0.1) is 0 Å². The number of pyridine rings is 1. The highest BCUT2D eigenvalue weighted by Crippen LogP contribution is 2.26. The van der Waals surface area contributed by atoms with Crippen molar-refractivity contribution in [3.63, 3.8) is 0 Å². The lowest BCUT2D eigenvalue weighted by atomic mass is 10.1. The van der Waals surface area contributed by atoms with Crippen LogP contribution in [0.5, 0.6) is 0 Å². The molecule has 6 rings (SSSR count). The van der Waals surface area contributed by atoms with Crippen molar-refractivity contribution in [2.24, 2.45) is 7.05 Å². The van der Waals surface area contributed by atoms with Crippen molar-refractivity contribution < 1.29 is 0 Å². The van der Waals surface area contributed by atoms with Crippen LogP contribution in [-0.4, -0.2) is 31.4 Å². The van der Waals surface area contributed by atoms with Gasteiger partial charge in [0.1, 0.15) is 5.82 Å². The normalized spacial score (nSPS) is 11.5. The number of para-hydroxylation sites is 2. The number of anilines is 1. The predicted molar refractivity (Wildman–Crippen MR) is 140 cm³/mol. The molecule has 35 heavy (non-hydrogen) atoms. The van der Waals surface area contributed by atoms with Crippen LogP contribution in [0.15, 0.2) is 90.0 Å². The summed E-state index contributed by atoms with van der Waals surface area (Å²) in [5.74, 6) is 1.42. The van der Waals surface area contributed by atoms with Gasteiger partial charge in [-0.25, -0.2) is 9.97 Å². The van der Waals surface area contributed by atoms with E-state index in [1.807, 2.05) is 93.2 Å². The van der Waals surface area contributed by atoms with E-state index in [0.717, 1.165) is 38.6 Å². The summed E-state index contributed by atoms with van der Waals surface area (Å²) in [4.78, 5) is 25.5. The number of nitrogens with zero attached hydrogens (tertiary/aromatic N) is 6. The number of aryl methyl sites for hydroxylation is 1. The third-order valence-corrected chi connectivity index (χ3v) is 6.36. The minimum atomic E-state index is -0.0404. The van der Waals surface area contributed by atoms with E-state index >= 15 is 0 Å². The highest BCUT2D eigenvalue weighted by Gasteiger charge is 2.16. The zero-order valence-electron chi connectivity index (χ0n) is 19.6. The molecule has 172 valence electrons. The summed E-state index contributed by atoms with van der Waals surface area (Å²) in [6, 6.07) is 23.8. The van der Waals surface area contributed by atoms with E-state index in [-0.39, 0.29) is 12.1 Å². The van der Waals surface area contributed by atoms with Crippen LogP contribution in [0.3, 0.4) is 0 Å². The molecule has 0 radical (unpaired) electrons. The van der Waals surface area contributed by atoms with E-state index in [1.165, 1.54) is 0 Å². The lowest BCUT2D eigenvalue weighted by molar-refractivity contribution is 0.747. The Bertz CT molecular complexity index is 1770. The topological polar surface area (TPSA) is 68.8 Å². The average Bonchev–Trinajstić information content (AvgIpc) is 3.30. The fourth-order valence-electron chi connectivity index (χ4n) is 4.77. The van der Waals surface area contributed by atoms with E-state index in [9.17, 15) is 4.79 Å². The van der Waals surface area contributed by atoms with Gasteiger partial charge >= 0.3 is 0 Å². The van der Waals surface area contributed by atoms with E-state index in [2.05, 4.69) is 16.1 Å². The van der Waals surface area contributed by atoms with Crippen molar-refractivity contribution in [2.75, 3.05) is 11.9 Å². The van der Waals surface area contributed by atoms with Gasteiger partial charge in [-0.15, -0.1) is 0 Å². The fraction of sp³-hybridized carbons (Fsp3) is 0.143. The van der Waals surface area contributed by atoms with Gasteiger partial charge in [0.15, 0.2) is 5.82 Å². The summed E-state index contributed by atoms with van der Waals surface area (Å²) in [7, 11) is 3.93. The van der Waals surface area contributed by atoms with Gasteiger partial charge in [-0.1, -0.05) is 48.5 Å². The van der Waals surface area contributed by atoms with Crippen LogP contribution in [0.2, 0.25) is 0 Å². The van der Waals surface area contributed by atoms with Crippen molar-refractivity contribution in [2.45, 2.75) is 13.1 Å². The van der Waals surface area contributed by atoms with E-state index in [4.69, 9.17) is 9.97 Å². The smallest absolute Gasteiger partial charge is 0.259 e. The molecule has 3 heterocycles. The SMILES string of the molecule is CN(Cc1cnn(C)c1)c1nc(Cn2c(=O)c3ccccc3c3ccccc32)nc2ccccc12. The van der Waals surface area contributed by atoms with Crippen LogP contribution in [0.4, 0.5) is 5.82 Å². The van der Waals surface area contributed by atoms with Gasteiger partial charge in [0.2, 0.25) is 0 Å². The molecule has 7 heteroatoms. The molecule has 3 aromatic heterocycles. The van der Waals surface area contributed by atoms with Gasteiger partial charge < -0.3 is 9.47 Å². The molecule has 3 aromatic carbocycles. The third-order valence-electron chi connectivity index (χ3n) is 6.36. The highest BCUT2D eigenvalue weighted by molar-refractivity contribution is 6.05. The molecule has 0 bridgehead atoms. The molecule has 6 aromatic rings. The van der Waals surface area contributed by atoms with Crippen molar-refractivity contribution in [3.05, 3.63) is 107 Å². The number of rotatable bonds is 5. The molecule has 0 aliphatic carbocycles. The van der Waals surface area contributed by atoms with E-state index in [0.29, 0.717) is 17.8 Å². The first-order valence-corrected chi connectivity index (χ1v) is 11.5. The first-order valence-electron chi connectivity index (χ1n) is 11.5. The Labute approximate surface area is 201 Å². The Morgan fingerprint density at radius 1 is 0.829 bits per heavy atom. The van der Waals surface area contributed by atoms with Gasteiger partial charge in [0.25, 0.3) is 5.56 Å². The maximum Gasteiger partial charge on any atom is 0.259 e. The van der Waals surface area contributed by atoms with Crippen LogP contribution < -0.4 is 10.5 Å². The van der Waals surface area contributed by atoms with Crippen LogP contribution >= 0.6 is 0 Å². The predicted octanol–water partition coefficient (Wildman–Crippen LogP) is 4.52. The summed E-state index contributed by atoms with van der Waals surface area (Å²) >= 11 is 0. The van der Waals surface area contributed by atoms with Crippen LogP contribution in [0.25, 0.3) is 32.6 Å². The summed E-state index contributed by atoms with van der Waals surface area (Å²) in [5.41, 5.74) is 2.78. The van der Waals surface area contributed by atoms with Crippen molar-refractivity contribution >= 4 is 38.4 Å². The first kappa shape index (κ1) is 21.0. The number of aromatic nitrogens is 5. The largest absolute Gasteiger partial charge is 0.355 e. The van der Waals surface area contributed by atoms with Gasteiger partial charge in [-0.3, -0.25) is 9.48 Å². The molecule has 0 aliphatic rings. The van der Waals surface area contributed by atoms with Crippen molar-refractivity contribution in [1.82, 2.24) is 24.3 Å². The second-order valence-electron chi connectivity index (χ2n) is 8.81. The molecule has 0 saturated heterocycles. The highest BCUT2D eigenvalue weighted by atomic mass is 16.1. The number of hydrogen-bond acceptors (Lipinski definition) is 5. The third kappa shape index (κ3) is 3.71. The molecular weight excluding hydrogens is 436 g/mol. The molecule has 7 nitrogen and oxygen atoms in total. The Morgan fingerprint density at radius 2 is 1.51 bits per heavy atom. The average molecular weight is 461 g/mol. The Balaban J connectivity index is 1.50. The number of hydrogen-bond donors (Lipinski definition) is 0. The second kappa shape index (κ2) is 8.36. The van der Waals surface area contributed by atoms with Crippen molar-refractivity contribution in [1.29, 1.82) is 0 Å². The first-order chi connectivity index (χ1) is 17.1. The molecule has 0 amide bonds. The zero-order chi connectivity index (χ0) is 23.9. The number of fused-ring (bicyclic) bond motifs is 4. The minimum Gasteiger partial charge on any atom is -0.355 e. The molecule has 0 atom stereocenters. The monoisotopic (exact) mass is 460 g/mol. The van der Waals surface area contributed by atoms with Gasteiger partial charge in [0, 0.05) is 48.6 Å². The summed E-state index contributed by atoms with van der Waals surface area (Å²) in [5, 5.41) is 7.95. The minimum absolute atomic E-state index is 0.0404. The summed E-state index contributed by atoms with van der Waals surface area (Å²) < 4.78 is 3.58. The molecule has 0 fully saturated rings. The van der Waals surface area contributed by atoms with E-state index < -0.39 is 0 Å². The maximum absolute atomic E-state index is 13.6. The molecule has 0 spiro atoms. The standard InChI is InChI=1S/C28H24N6O/c1-32(16-19-15-29-33(2)17-19)27-23-12-5-7-13-24(23)30-26(31-27)18-34-25-14-8-6-10-21(25)20-9-3-4-11-22(20)28(34)35/h3-15,17H,16,18H2,1-2H3. The van der Waals surface area contributed by atoms with Crippen LogP contribution in [-0.2, 0) is 20.1 Å². The molecular formula is C28H24N6O. The van der Waals surface area contributed by atoms with Crippen LogP contribution in [0.1, 0.15) is 11.4 Å². The van der Waals surface area contributed by atoms with Gasteiger partial charge in [-0.2, -0.15) is 5.10 Å². The van der Waals surface area contributed by atoms with E-state index in [1.54, 1.807) is 9.25 Å². The summed E-state index contributed by atoms with van der Waals surface area (Å²) in [6.07, 6.45) is 3.86. The van der Waals surface area contributed by atoms with Crippen molar-refractivity contribution in [3.8, 4) is 0 Å². The lowest BCUT2D eigenvalue weighted by Gasteiger charge is -2.20.